The van der Waals surface area contributed by atoms with Crippen LogP contribution in [0.15, 0.2) is 24.3 Å². The fraction of sp³-hybridized carbons (Fsp3) is 0.647. The van der Waals surface area contributed by atoms with Crippen molar-refractivity contribution in [3.8, 4) is 0 Å². The zero-order valence-corrected chi connectivity index (χ0v) is 13.0. The standard InChI is InChI=1S/C17H28O3/c1-4-6-7-8-9-10-11-12-13-16(15(3)18)17(19)20-14-5-2/h5,13H,2,4,6-12,14H2,1,3H3/b16-13+. The molecule has 3 nitrogen and oxygen atoms in total. The lowest BCUT2D eigenvalue weighted by Crippen LogP contribution is -2.13. The molecule has 0 aliphatic rings. The molecule has 0 aromatic heterocycles. The quantitative estimate of drug-likeness (QED) is 0.133. The normalized spacial score (nSPS) is 11.2. The van der Waals surface area contributed by atoms with Crippen LogP contribution in [-0.4, -0.2) is 18.4 Å². The summed E-state index contributed by atoms with van der Waals surface area (Å²) in [4.78, 5) is 23.0. The van der Waals surface area contributed by atoms with Gasteiger partial charge in [0.25, 0.3) is 0 Å². The van der Waals surface area contributed by atoms with Crippen LogP contribution in [0.25, 0.3) is 0 Å². The number of carbonyl (C=O) groups excluding carboxylic acids is 2. The van der Waals surface area contributed by atoms with Crippen molar-refractivity contribution in [1.29, 1.82) is 0 Å². The van der Waals surface area contributed by atoms with Crippen molar-refractivity contribution in [2.45, 2.75) is 65.2 Å². The van der Waals surface area contributed by atoms with Crippen LogP contribution in [-0.2, 0) is 14.3 Å². The number of ether oxygens (including phenoxy) is 1. The fourth-order valence-electron chi connectivity index (χ4n) is 1.93. The third-order valence-corrected chi connectivity index (χ3v) is 3.09. The van der Waals surface area contributed by atoms with E-state index in [0.29, 0.717) is 0 Å². The Bertz CT molecular complexity index is 329. The molecule has 3 heteroatoms. The summed E-state index contributed by atoms with van der Waals surface area (Å²) in [5.74, 6) is -0.776. The number of Topliss-reactive ketones (excluding diaryl/α,β-unsaturated/α-hetero) is 1. The van der Waals surface area contributed by atoms with E-state index in [1.807, 2.05) is 0 Å². The number of hydrogen-bond acceptors (Lipinski definition) is 3. The number of hydrogen-bond donors (Lipinski definition) is 0. The largest absolute Gasteiger partial charge is 0.458 e. The van der Waals surface area contributed by atoms with E-state index < -0.39 is 5.97 Å². The topological polar surface area (TPSA) is 43.4 Å². The number of esters is 1. The van der Waals surface area contributed by atoms with Gasteiger partial charge in [0.15, 0.2) is 5.78 Å². The van der Waals surface area contributed by atoms with E-state index in [9.17, 15) is 9.59 Å². The van der Waals surface area contributed by atoms with E-state index in [1.165, 1.54) is 45.1 Å². The van der Waals surface area contributed by atoms with Crippen molar-refractivity contribution in [3.05, 3.63) is 24.3 Å². The maximum atomic E-state index is 11.6. The van der Waals surface area contributed by atoms with Crippen molar-refractivity contribution in [2.24, 2.45) is 0 Å². The Hall–Kier alpha value is -1.38. The molecule has 0 amide bonds. The number of ketones is 1. The SMILES string of the molecule is C=CCOC(=O)/C(=C/CCCCCCCCC)C(C)=O. The van der Waals surface area contributed by atoms with Gasteiger partial charge < -0.3 is 4.74 Å². The van der Waals surface area contributed by atoms with Gasteiger partial charge in [0.2, 0.25) is 0 Å². The minimum absolute atomic E-state index is 0.140. The molecule has 0 saturated carbocycles. The van der Waals surface area contributed by atoms with Gasteiger partial charge in [-0.2, -0.15) is 0 Å². The molecule has 0 aromatic rings. The van der Waals surface area contributed by atoms with Crippen LogP contribution >= 0.6 is 0 Å². The zero-order chi connectivity index (χ0) is 15.2. The summed E-state index contributed by atoms with van der Waals surface area (Å²) in [5, 5.41) is 0. The molecule has 20 heavy (non-hydrogen) atoms. The second-order valence-electron chi connectivity index (χ2n) is 4.97. The van der Waals surface area contributed by atoms with Crippen LogP contribution in [0.3, 0.4) is 0 Å². The molecule has 0 unspecified atom stereocenters. The van der Waals surface area contributed by atoms with Crippen molar-refractivity contribution in [1.82, 2.24) is 0 Å². The molecule has 0 heterocycles. The van der Waals surface area contributed by atoms with E-state index in [0.717, 1.165) is 19.3 Å². The van der Waals surface area contributed by atoms with Gasteiger partial charge in [0, 0.05) is 0 Å². The summed E-state index contributed by atoms with van der Waals surface area (Å²) in [6, 6.07) is 0. The van der Waals surface area contributed by atoms with E-state index in [2.05, 4.69) is 13.5 Å². The second kappa shape index (κ2) is 12.6. The molecule has 0 atom stereocenters. The Kier molecular flexibility index (Phi) is 11.8. The predicted octanol–water partition coefficient (Wildman–Crippen LogP) is 4.37. The van der Waals surface area contributed by atoms with Gasteiger partial charge in [-0.3, -0.25) is 4.79 Å². The summed E-state index contributed by atoms with van der Waals surface area (Å²) in [7, 11) is 0. The molecule has 0 aliphatic carbocycles. The zero-order valence-electron chi connectivity index (χ0n) is 13.0. The Labute approximate surface area is 123 Å². The maximum Gasteiger partial charge on any atom is 0.341 e. The van der Waals surface area contributed by atoms with E-state index in [1.54, 1.807) is 6.08 Å². The second-order valence-corrected chi connectivity index (χ2v) is 4.97. The Morgan fingerprint density at radius 1 is 1.05 bits per heavy atom. The monoisotopic (exact) mass is 280 g/mol. The first-order chi connectivity index (χ1) is 9.63. The molecule has 0 rings (SSSR count). The average molecular weight is 280 g/mol. The summed E-state index contributed by atoms with van der Waals surface area (Å²) >= 11 is 0. The lowest BCUT2D eigenvalue weighted by molar-refractivity contribution is -0.139. The molecular weight excluding hydrogens is 252 g/mol. The van der Waals surface area contributed by atoms with Crippen LogP contribution in [0.5, 0.6) is 0 Å². The van der Waals surface area contributed by atoms with Crippen molar-refractivity contribution < 1.29 is 14.3 Å². The highest BCUT2D eigenvalue weighted by molar-refractivity contribution is 6.16. The lowest BCUT2D eigenvalue weighted by atomic mass is 10.1. The van der Waals surface area contributed by atoms with Gasteiger partial charge in [0.1, 0.15) is 6.61 Å². The van der Waals surface area contributed by atoms with Crippen LogP contribution in [0.4, 0.5) is 0 Å². The molecular formula is C17H28O3. The molecule has 114 valence electrons. The summed E-state index contributed by atoms with van der Waals surface area (Å²) in [6.07, 6.45) is 12.5. The Balaban J connectivity index is 3.94. The van der Waals surface area contributed by atoms with Crippen LogP contribution in [0, 0.1) is 0 Å². The molecule has 0 radical (unpaired) electrons. The molecule has 0 saturated heterocycles. The number of allylic oxidation sites excluding steroid dienone is 1. The first-order valence-corrected chi connectivity index (χ1v) is 7.62. The minimum Gasteiger partial charge on any atom is -0.458 e. The minimum atomic E-state index is -0.541. The summed E-state index contributed by atoms with van der Waals surface area (Å²) in [6.45, 7) is 7.21. The molecule has 0 bridgehead atoms. The van der Waals surface area contributed by atoms with Gasteiger partial charge in [-0.25, -0.2) is 4.79 Å². The Morgan fingerprint density at radius 3 is 2.20 bits per heavy atom. The van der Waals surface area contributed by atoms with E-state index >= 15 is 0 Å². The van der Waals surface area contributed by atoms with Gasteiger partial charge in [-0.05, 0) is 19.8 Å². The van der Waals surface area contributed by atoms with E-state index in [-0.39, 0.29) is 18.0 Å². The summed E-state index contributed by atoms with van der Waals surface area (Å²) in [5.41, 5.74) is 0.165. The number of unbranched alkanes of at least 4 members (excludes halogenated alkanes) is 7. The highest BCUT2D eigenvalue weighted by atomic mass is 16.5. The Morgan fingerprint density at radius 2 is 1.65 bits per heavy atom. The average Bonchev–Trinajstić information content (AvgIpc) is 2.42. The van der Waals surface area contributed by atoms with E-state index in [4.69, 9.17) is 4.74 Å². The molecule has 0 fully saturated rings. The number of rotatable bonds is 12. The number of carbonyl (C=O) groups is 2. The van der Waals surface area contributed by atoms with Gasteiger partial charge in [-0.1, -0.05) is 64.2 Å². The lowest BCUT2D eigenvalue weighted by Gasteiger charge is -2.04. The fourth-order valence-corrected chi connectivity index (χ4v) is 1.93. The van der Waals surface area contributed by atoms with Gasteiger partial charge in [-0.15, -0.1) is 0 Å². The third kappa shape index (κ3) is 9.54. The van der Waals surface area contributed by atoms with Crippen LogP contribution in [0.2, 0.25) is 0 Å². The van der Waals surface area contributed by atoms with Gasteiger partial charge in [0.05, 0.1) is 5.57 Å². The summed E-state index contributed by atoms with van der Waals surface area (Å²) < 4.78 is 4.89. The highest BCUT2D eigenvalue weighted by Gasteiger charge is 2.14. The van der Waals surface area contributed by atoms with Crippen molar-refractivity contribution in [2.75, 3.05) is 6.61 Å². The van der Waals surface area contributed by atoms with Gasteiger partial charge >= 0.3 is 5.97 Å². The predicted molar refractivity (Wildman–Crippen MR) is 82.5 cm³/mol. The maximum absolute atomic E-state index is 11.6. The molecule has 0 N–H and O–H groups in total. The van der Waals surface area contributed by atoms with Crippen molar-refractivity contribution in [3.63, 3.8) is 0 Å². The molecule has 0 spiro atoms. The third-order valence-electron chi connectivity index (χ3n) is 3.09. The van der Waals surface area contributed by atoms with Crippen LogP contribution in [0.1, 0.15) is 65.2 Å². The smallest absolute Gasteiger partial charge is 0.341 e. The first kappa shape index (κ1) is 18.6. The molecule has 0 aliphatic heterocycles. The first-order valence-electron chi connectivity index (χ1n) is 7.62. The van der Waals surface area contributed by atoms with Crippen molar-refractivity contribution >= 4 is 11.8 Å². The highest BCUT2D eigenvalue weighted by Crippen LogP contribution is 2.10. The van der Waals surface area contributed by atoms with Crippen LogP contribution < -0.4 is 0 Å². The molecule has 0 aromatic carbocycles.